The van der Waals surface area contributed by atoms with Gasteiger partial charge in [0.15, 0.2) is 0 Å². The zero-order chi connectivity index (χ0) is 15.5. The van der Waals surface area contributed by atoms with E-state index >= 15 is 0 Å². The molecule has 112 valence electrons. The molecule has 2 aromatic carbocycles. The first-order chi connectivity index (χ1) is 9.92. The number of sulfonamides is 1. The molecular formula is C15H15BrFNO2S. The topological polar surface area (TPSA) is 46.2 Å². The zero-order valence-corrected chi connectivity index (χ0v) is 13.8. The lowest BCUT2D eigenvalue weighted by atomic mass is 10.1. The Bertz CT molecular complexity index is 717. The predicted octanol–water partition coefficient (Wildman–Crippen LogP) is 3.76. The van der Waals surface area contributed by atoms with Crippen molar-refractivity contribution in [3.8, 4) is 0 Å². The maximum atomic E-state index is 13.2. The standard InChI is InChI=1S/C15H15BrFNO2S/c1-11(13-3-2-4-14(17)9-13)18-21(19,20)15-7-5-12(10-16)6-8-15/h2-9,11,18H,10H2,1H3/t11-/m1/s1. The summed E-state index contributed by atoms with van der Waals surface area (Å²) in [6, 6.07) is 12.0. The maximum absolute atomic E-state index is 13.2. The summed E-state index contributed by atoms with van der Waals surface area (Å²) in [7, 11) is -3.63. The van der Waals surface area contributed by atoms with Crippen molar-refractivity contribution in [3.05, 3.63) is 65.5 Å². The summed E-state index contributed by atoms with van der Waals surface area (Å²) >= 11 is 3.31. The van der Waals surface area contributed by atoms with Gasteiger partial charge >= 0.3 is 0 Å². The number of hydrogen-bond acceptors (Lipinski definition) is 2. The Balaban J connectivity index is 2.20. The van der Waals surface area contributed by atoms with Crippen molar-refractivity contribution in [2.45, 2.75) is 23.2 Å². The summed E-state index contributed by atoms with van der Waals surface area (Å²) in [6.07, 6.45) is 0. The van der Waals surface area contributed by atoms with Gasteiger partial charge in [-0.2, -0.15) is 0 Å². The number of hydrogen-bond donors (Lipinski definition) is 1. The lowest BCUT2D eigenvalue weighted by Crippen LogP contribution is -2.26. The van der Waals surface area contributed by atoms with Crippen LogP contribution in [0.3, 0.4) is 0 Å². The number of alkyl halides is 1. The van der Waals surface area contributed by atoms with Crippen molar-refractivity contribution in [3.63, 3.8) is 0 Å². The minimum atomic E-state index is -3.63. The first-order valence-electron chi connectivity index (χ1n) is 6.35. The van der Waals surface area contributed by atoms with Crippen molar-refractivity contribution >= 4 is 26.0 Å². The van der Waals surface area contributed by atoms with E-state index in [-0.39, 0.29) is 10.7 Å². The third-order valence-electron chi connectivity index (χ3n) is 3.07. The first kappa shape index (κ1) is 16.1. The average Bonchev–Trinajstić information content (AvgIpc) is 2.47. The Morgan fingerprint density at radius 1 is 1.19 bits per heavy atom. The quantitative estimate of drug-likeness (QED) is 0.813. The molecule has 0 unspecified atom stereocenters. The van der Waals surface area contributed by atoms with E-state index in [0.29, 0.717) is 10.9 Å². The second-order valence-corrected chi connectivity index (χ2v) is 6.95. The Kier molecular flexibility index (Phi) is 5.13. The van der Waals surface area contributed by atoms with E-state index in [4.69, 9.17) is 0 Å². The SMILES string of the molecule is C[C@@H](NS(=O)(=O)c1ccc(CBr)cc1)c1cccc(F)c1. The molecule has 0 aliphatic carbocycles. The summed E-state index contributed by atoms with van der Waals surface area (Å²) in [5.41, 5.74) is 1.57. The van der Waals surface area contributed by atoms with Gasteiger partial charge in [0.2, 0.25) is 10.0 Å². The van der Waals surface area contributed by atoms with Crippen molar-refractivity contribution in [2.24, 2.45) is 0 Å². The smallest absolute Gasteiger partial charge is 0.207 e. The van der Waals surface area contributed by atoms with Gasteiger partial charge in [0.25, 0.3) is 0 Å². The third-order valence-corrected chi connectivity index (χ3v) is 5.27. The van der Waals surface area contributed by atoms with E-state index in [0.717, 1.165) is 5.56 Å². The highest BCUT2D eigenvalue weighted by molar-refractivity contribution is 9.08. The highest BCUT2D eigenvalue weighted by atomic mass is 79.9. The molecule has 0 saturated carbocycles. The Hall–Kier alpha value is -1.24. The molecule has 2 rings (SSSR count). The van der Waals surface area contributed by atoms with Crippen LogP contribution in [-0.4, -0.2) is 8.42 Å². The summed E-state index contributed by atoms with van der Waals surface area (Å²) in [4.78, 5) is 0.190. The van der Waals surface area contributed by atoms with Crippen molar-refractivity contribution in [2.75, 3.05) is 0 Å². The normalized spacial score (nSPS) is 13.1. The summed E-state index contributed by atoms with van der Waals surface area (Å²) < 4.78 is 40.3. The Morgan fingerprint density at radius 2 is 1.86 bits per heavy atom. The molecule has 1 N–H and O–H groups in total. The van der Waals surface area contributed by atoms with Crippen LogP contribution in [0.1, 0.15) is 24.1 Å². The fourth-order valence-corrected chi connectivity index (χ4v) is 3.51. The lowest BCUT2D eigenvalue weighted by molar-refractivity contribution is 0.564. The van der Waals surface area contributed by atoms with Gasteiger partial charge in [-0.25, -0.2) is 17.5 Å². The second-order valence-electron chi connectivity index (χ2n) is 4.68. The predicted molar refractivity (Wildman–Crippen MR) is 84.2 cm³/mol. The fourth-order valence-electron chi connectivity index (χ4n) is 1.90. The monoisotopic (exact) mass is 371 g/mol. The summed E-state index contributed by atoms with van der Waals surface area (Å²) in [5.74, 6) is -0.389. The molecule has 0 aromatic heterocycles. The number of nitrogens with one attached hydrogen (secondary N) is 1. The van der Waals surface area contributed by atoms with Gasteiger partial charge in [-0.1, -0.05) is 40.2 Å². The van der Waals surface area contributed by atoms with Gasteiger partial charge in [0.1, 0.15) is 5.82 Å². The van der Waals surface area contributed by atoms with E-state index in [1.54, 1.807) is 43.3 Å². The molecule has 0 fully saturated rings. The summed E-state index contributed by atoms with van der Waals surface area (Å²) in [6.45, 7) is 1.68. The fraction of sp³-hybridized carbons (Fsp3) is 0.200. The van der Waals surface area contributed by atoms with Gasteiger partial charge in [-0.05, 0) is 42.3 Å². The summed E-state index contributed by atoms with van der Waals surface area (Å²) in [5, 5.41) is 0.667. The first-order valence-corrected chi connectivity index (χ1v) is 8.95. The van der Waals surface area contributed by atoms with E-state index < -0.39 is 16.1 Å². The molecule has 0 aliphatic heterocycles. The van der Waals surface area contributed by atoms with Crippen LogP contribution in [0.5, 0.6) is 0 Å². The molecule has 3 nitrogen and oxygen atoms in total. The molecule has 0 aliphatic rings. The molecule has 21 heavy (non-hydrogen) atoms. The van der Waals surface area contributed by atoms with Crippen molar-refractivity contribution < 1.29 is 12.8 Å². The highest BCUT2D eigenvalue weighted by Gasteiger charge is 2.18. The molecule has 0 amide bonds. The molecular weight excluding hydrogens is 357 g/mol. The van der Waals surface area contributed by atoms with Gasteiger partial charge in [-0.3, -0.25) is 0 Å². The van der Waals surface area contributed by atoms with Crippen LogP contribution in [0.2, 0.25) is 0 Å². The van der Waals surface area contributed by atoms with E-state index in [9.17, 15) is 12.8 Å². The van der Waals surface area contributed by atoms with Gasteiger partial charge in [-0.15, -0.1) is 0 Å². The zero-order valence-electron chi connectivity index (χ0n) is 11.4. The highest BCUT2D eigenvalue weighted by Crippen LogP contribution is 2.18. The largest absolute Gasteiger partial charge is 0.241 e. The number of benzene rings is 2. The number of halogens is 2. The van der Waals surface area contributed by atoms with Crippen LogP contribution < -0.4 is 4.72 Å². The molecule has 0 radical (unpaired) electrons. The molecule has 0 bridgehead atoms. The Morgan fingerprint density at radius 3 is 2.43 bits per heavy atom. The maximum Gasteiger partial charge on any atom is 0.241 e. The second kappa shape index (κ2) is 6.68. The number of rotatable bonds is 5. The van der Waals surface area contributed by atoms with Crippen LogP contribution in [0.15, 0.2) is 53.4 Å². The van der Waals surface area contributed by atoms with Crippen molar-refractivity contribution in [1.29, 1.82) is 0 Å². The molecule has 6 heteroatoms. The minimum absolute atomic E-state index is 0.190. The van der Waals surface area contributed by atoms with Gasteiger partial charge in [0, 0.05) is 11.4 Å². The average molecular weight is 372 g/mol. The van der Waals surface area contributed by atoms with Crippen LogP contribution in [0, 0.1) is 5.82 Å². The van der Waals surface area contributed by atoms with E-state index in [1.165, 1.54) is 12.1 Å². The van der Waals surface area contributed by atoms with Crippen molar-refractivity contribution in [1.82, 2.24) is 4.72 Å². The molecule has 2 aromatic rings. The molecule has 0 spiro atoms. The molecule has 0 heterocycles. The van der Waals surface area contributed by atoms with Gasteiger partial charge in [0.05, 0.1) is 4.90 Å². The minimum Gasteiger partial charge on any atom is -0.207 e. The van der Waals surface area contributed by atoms with Crippen LogP contribution >= 0.6 is 15.9 Å². The Labute approximate surface area is 132 Å². The van der Waals surface area contributed by atoms with Crippen LogP contribution in [0.25, 0.3) is 0 Å². The third kappa shape index (κ3) is 4.12. The van der Waals surface area contributed by atoms with E-state index in [1.807, 2.05) is 0 Å². The van der Waals surface area contributed by atoms with Gasteiger partial charge < -0.3 is 0 Å². The van der Waals surface area contributed by atoms with Crippen LogP contribution in [-0.2, 0) is 15.4 Å². The lowest BCUT2D eigenvalue weighted by Gasteiger charge is -2.15. The van der Waals surface area contributed by atoms with Crippen LogP contribution in [0.4, 0.5) is 4.39 Å². The molecule has 0 saturated heterocycles. The van der Waals surface area contributed by atoms with E-state index in [2.05, 4.69) is 20.7 Å². The molecule has 1 atom stereocenters.